The standard InChI is InChI=1S/C20H16ClF2N5O2S.ClH/c1-24-7-12-11-28(31(29,30)16-4-14(23)8-25-10-16)19-6-15(9-26-20(12)19)27-18-3-2-13(22)5-17(18)21;/h2-6,8-11,24,27H,7H2,1H3;1H. The number of pyridine rings is 2. The summed E-state index contributed by atoms with van der Waals surface area (Å²) in [6.07, 6.45) is 4.95. The predicted molar refractivity (Wildman–Crippen MR) is 121 cm³/mol. The average Bonchev–Trinajstić information content (AvgIpc) is 3.09. The van der Waals surface area contributed by atoms with Crippen molar-refractivity contribution >= 4 is 56.4 Å². The predicted octanol–water partition coefficient (Wildman–Crippen LogP) is 4.48. The zero-order valence-electron chi connectivity index (χ0n) is 16.5. The molecule has 0 aliphatic rings. The lowest BCUT2D eigenvalue weighted by molar-refractivity contribution is 0.582. The van der Waals surface area contributed by atoms with Gasteiger partial charge < -0.3 is 10.6 Å². The lowest BCUT2D eigenvalue weighted by Crippen LogP contribution is -2.13. The molecule has 12 heteroatoms. The fourth-order valence-electron chi connectivity index (χ4n) is 3.12. The highest BCUT2D eigenvalue weighted by Crippen LogP contribution is 2.30. The Kier molecular flexibility index (Phi) is 6.99. The van der Waals surface area contributed by atoms with Gasteiger partial charge in [0.05, 0.1) is 39.8 Å². The summed E-state index contributed by atoms with van der Waals surface area (Å²) in [4.78, 5) is 7.74. The van der Waals surface area contributed by atoms with Crippen LogP contribution < -0.4 is 10.6 Å². The van der Waals surface area contributed by atoms with Crippen LogP contribution in [0.1, 0.15) is 5.56 Å². The molecule has 0 saturated heterocycles. The topological polar surface area (TPSA) is 88.9 Å². The number of anilines is 2. The first-order valence-corrected chi connectivity index (χ1v) is 10.8. The smallest absolute Gasteiger partial charge is 0.269 e. The molecule has 0 radical (unpaired) electrons. The highest BCUT2D eigenvalue weighted by molar-refractivity contribution is 7.90. The Labute approximate surface area is 193 Å². The minimum atomic E-state index is -4.15. The van der Waals surface area contributed by atoms with Crippen LogP contribution in [0.15, 0.2) is 60.0 Å². The minimum absolute atomic E-state index is 0. The van der Waals surface area contributed by atoms with E-state index in [9.17, 15) is 17.2 Å². The van der Waals surface area contributed by atoms with Gasteiger partial charge in [-0.05, 0) is 37.4 Å². The number of nitrogens with one attached hydrogen (secondary N) is 2. The van der Waals surface area contributed by atoms with Gasteiger partial charge in [0.15, 0.2) is 0 Å². The summed E-state index contributed by atoms with van der Waals surface area (Å²) in [5.41, 5.74) is 2.23. The summed E-state index contributed by atoms with van der Waals surface area (Å²) in [6, 6.07) is 6.34. The van der Waals surface area contributed by atoms with E-state index in [-0.39, 0.29) is 27.8 Å². The summed E-state index contributed by atoms with van der Waals surface area (Å²) in [7, 11) is -2.42. The molecule has 7 nitrogen and oxygen atoms in total. The van der Waals surface area contributed by atoms with Crippen molar-refractivity contribution in [2.45, 2.75) is 11.4 Å². The summed E-state index contributed by atoms with van der Waals surface area (Å²) >= 11 is 6.07. The number of aromatic nitrogens is 3. The van der Waals surface area contributed by atoms with Crippen molar-refractivity contribution in [3.05, 3.63) is 77.3 Å². The van der Waals surface area contributed by atoms with Crippen molar-refractivity contribution in [1.82, 2.24) is 19.3 Å². The molecule has 4 rings (SSSR count). The quantitative estimate of drug-likeness (QED) is 0.406. The molecule has 0 spiro atoms. The minimum Gasteiger partial charge on any atom is -0.353 e. The van der Waals surface area contributed by atoms with E-state index in [2.05, 4.69) is 20.6 Å². The molecule has 168 valence electrons. The van der Waals surface area contributed by atoms with Gasteiger partial charge >= 0.3 is 0 Å². The molecule has 4 aromatic rings. The molecular formula is C20H17Cl2F2N5O2S. The molecule has 0 aliphatic carbocycles. The lowest BCUT2D eigenvalue weighted by atomic mass is 10.2. The number of halogens is 4. The average molecular weight is 500 g/mol. The molecule has 0 unspecified atom stereocenters. The molecule has 0 atom stereocenters. The Hall–Kier alpha value is -2.79. The largest absolute Gasteiger partial charge is 0.353 e. The molecule has 3 aromatic heterocycles. The third-order valence-corrected chi connectivity index (χ3v) is 6.45. The third kappa shape index (κ3) is 4.53. The van der Waals surface area contributed by atoms with E-state index < -0.39 is 21.7 Å². The number of rotatable bonds is 6. The van der Waals surface area contributed by atoms with Gasteiger partial charge in [-0.15, -0.1) is 12.4 Å². The number of benzene rings is 1. The van der Waals surface area contributed by atoms with Gasteiger partial charge in [0.2, 0.25) is 0 Å². The van der Waals surface area contributed by atoms with Crippen molar-refractivity contribution < 1.29 is 17.2 Å². The zero-order valence-corrected chi connectivity index (χ0v) is 18.9. The molecule has 0 bridgehead atoms. The van der Waals surface area contributed by atoms with Gasteiger partial charge in [-0.3, -0.25) is 9.97 Å². The van der Waals surface area contributed by atoms with Gasteiger partial charge in [-0.1, -0.05) is 11.6 Å². The van der Waals surface area contributed by atoms with Crippen molar-refractivity contribution in [2.24, 2.45) is 0 Å². The monoisotopic (exact) mass is 499 g/mol. The van der Waals surface area contributed by atoms with Crippen LogP contribution in [-0.2, 0) is 16.6 Å². The second-order valence-corrected chi connectivity index (χ2v) is 8.89. The van der Waals surface area contributed by atoms with E-state index in [0.717, 1.165) is 28.5 Å². The van der Waals surface area contributed by atoms with Crippen molar-refractivity contribution in [3.8, 4) is 0 Å². The normalized spacial score (nSPS) is 11.4. The van der Waals surface area contributed by atoms with Crippen molar-refractivity contribution in [3.63, 3.8) is 0 Å². The maximum absolute atomic E-state index is 13.6. The molecule has 1 aromatic carbocycles. The third-order valence-electron chi connectivity index (χ3n) is 4.50. The van der Waals surface area contributed by atoms with Crippen LogP contribution in [0.5, 0.6) is 0 Å². The van der Waals surface area contributed by atoms with Gasteiger partial charge in [0.1, 0.15) is 16.5 Å². The van der Waals surface area contributed by atoms with E-state index in [4.69, 9.17) is 11.6 Å². The van der Waals surface area contributed by atoms with E-state index in [0.29, 0.717) is 29.0 Å². The first-order chi connectivity index (χ1) is 14.8. The highest BCUT2D eigenvalue weighted by atomic mass is 35.5. The van der Waals surface area contributed by atoms with Crippen LogP contribution in [0.4, 0.5) is 20.2 Å². The first kappa shape index (κ1) is 23.9. The van der Waals surface area contributed by atoms with E-state index >= 15 is 0 Å². The zero-order chi connectivity index (χ0) is 22.2. The van der Waals surface area contributed by atoms with Gasteiger partial charge in [0, 0.05) is 24.5 Å². The number of hydrogen-bond acceptors (Lipinski definition) is 6. The molecule has 0 saturated carbocycles. The van der Waals surface area contributed by atoms with Gasteiger partial charge in [-0.25, -0.2) is 21.2 Å². The Morgan fingerprint density at radius 1 is 1.09 bits per heavy atom. The van der Waals surface area contributed by atoms with E-state index in [1.165, 1.54) is 24.5 Å². The second-order valence-electron chi connectivity index (χ2n) is 6.67. The van der Waals surface area contributed by atoms with Crippen molar-refractivity contribution in [2.75, 3.05) is 12.4 Å². The molecular weight excluding hydrogens is 483 g/mol. The molecule has 0 aliphatic heterocycles. The molecule has 0 fully saturated rings. The Balaban J connectivity index is 0.00000289. The maximum atomic E-state index is 13.6. The second kappa shape index (κ2) is 9.37. The number of fused-ring (bicyclic) bond motifs is 1. The van der Waals surface area contributed by atoms with Gasteiger partial charge in [0.25, 0.3) is 10.0 Å². The SMILES string of the molecule is CNCc1cn(S(=O)(=O)c2cncc(F)c2)c2cc(Nc3ccc(F)cc3Cl)cnc12.Cl. The fraction of sp³-hybridized carbons (Fsp3) is 0.100. The Morgan fingerprint density at radius 3 is 2.56 bits per heavy atom. The van der Waals surface area contributed by atoms with Gasteiger partial charge in [-0.2, -0.15) is 0 Å². The summed E-state index contributed by atoms with van der Waals surface area (Å²) < 4.78 is 54.4. The lowest BCUT2D eigenvalue weighted by Gasteiger charge is -2.10. The van der Waals surface area contributed by atoms with Crippen LogP contribution in [0.3, 0.4) is 0 Å². The molecule has 0 amide bonds. The fourth-order valence-corrected chi connectivity index (χ4v) is 4.68. The van der Waals surface area contributed by atoms with Crippen LogP contribution in [0.25, 0.3) is 11.0 Å². The van der Waals surface area contributed by atoms with Crippen LogP contribution >= 0.6 is 24.0 Å². The number of hydrogen-bond donors (Lipinski definition) is 2. The van der Waals surface area contributed by atoms with Crippen LogP contribution in [0, 0.1) is 11.6 Å². The summed E-state index contributed by atoms with van der Waals surface area (Å²) in [6.45, 7) is 0.365. The molecule has 2 N–H and O–H groups in total. The summed E-state index contributed by atoms with van der Waals surface area (Å²) in [5, 5.41) is 6.13. The first-order valence-electron chi connectivity index (χ1n) is 9.02. The Bertz CT molecular complexity index is 1400. The summed E-state index contributed by atoms with van der Waals surface area (Å²) in [5.74, 6) is -1.25. The maximum Gasteiger partial charge on any atom is 0.269 e. The van der Waals surface area contributed by atoms with Crippen molar-refractivity contribution in [1.29, 1.82) is 0 Å². The van der Waals surface area contributed by atoms with Crippen LogP contribution in [-0.4, -0.2) is 29.4 Å². The highest BCUT2D eigenvalue weighted by Gasteiger charge is 2.23. The number of nitrogens with zero attached hydrogens (tertiary/aromatic N) is 3. The molecule has 32 heavy (non-hydrogen) atoms. The molecule has 3 heterocycles. The van der Waals surface area contributed by atoms with Crippen LogP contribution in [0.2, 0.25) is 5.02 Å². The van der Waals surface area contributed by atoms with E-state index in [1.807, 2.05) is 0 Å². The Morgan fingerprint density at radius 2 is 1.88 bits per heavy atom. The van der Waals surface area contributed by atoms with E-state index in [1.54, 1.807) is 13.1 Å².